The molecule has 3 nitrogen and oxygen atoms in total. The Labute approximate surface area is 80.8 Å². The van der Waals surface area contributed by atoms with Crippen LogP contribution in [0.2, 0.25) is 0 Å². The first-order valence-corrected chi connectivity index (χ1v) is 5.01. The number of aryl methyl sites for hydroxylation is 1. The molecule has 2 heterocycles. The van der Waals surface area contributed by atoms with Gasteiger partial charge in [0.15, 0.2) is 0 Å². The number of anilines is 1. The Morgan fingerprint density at radius 3 is 3.15 bits per heavy atom. The number of nitrogens with one attached hydrogen (secondary N) is 2. The van der Waals surface area contributed by atoms with Crippen LogP contribution in [0.15, 0.2) is 23.6 Å². The number of aromatic amines is 1. The molecule has 0 aromatic carbocycles. The zero-order chi connectivity index (χ0) is 9.10. The van der Waals surface area contributed by atoms with Gasteiger partial charge in [-0.1, -0.05) is 6.07 Å². The number of hydrogen-bond donors (Lipinski definition) is 2. The van der Waals surface area contributed by atoms with E-state index in [0.717, 1.165) is 18.1 Å². The summed E-state index contributed by atoms with van der Waals surface area (Å²) in [5, 5.41) is 12.3. The largest absolute Gasteiger partial charge is 0.364 e. The smallest absolute Gasteiger partial charge is 0.148 e. The van der Waals surface area contributed by atoms with E-state index in [0.29, 0.717) is 0 Å². The third-order valence-electron chi connectivity index (χ3n) is 1.73. The Hall–Kier alpha value is -1.29. The van der Waals surface area contributed by atoms with Crippen molar-refractivity contribution in [2.75, 3.05) is 5.32 Å². The van der Waals surface area contributed by atoms with Gasteiger partial charge in [-0.15, -0.1) is 11.3 Å². The van der Waals surface area contributed by atoms with Gasteiger partial charge in [0.1, 0.15) is 5.82 Å². The van der Waals surface area contributed by atoms with E-state index in [1.807, 2.05) is 13.0 Å². The van der Waals surface area contributed by atoms with Crippen molar-refractivity contribution < 1.29 is 0 Å². The second-order valence-corrected chi connectivity index (χ2v) is 3.90. The fraction of sp³-hybridized carbons (Fsp3) is 0.222. The van der Waals surface area contributed by atoms with Crippen LogP contribution in [0.3, 0.4) is 0 Å². The van der Waals surface area contributed by atoms with Crippen LogP contribution >= 0.6 is 11.3 Å². The molecule has 0 fully saturated rings. The van der Waals surface area contributed by atoms with Crippen molar-refractivity contribution in [2.24, 2.45) is 0 Å². The lowest BCUT2D eigenvalue weighted by Gasteiger charge is -1.98. The van der Waals surface area contributed by atoms with Crippen molar-refractivity contribution in [1.29, 1.82) is 0 Å². The van der Waals surface area contributed by atoms with Gasteiger partial charge in [0, 0.05) is 16.6 Å². The summed E-state index contributed by atoms with van der Waals surface area (Å²) in [4.78, 5) is 1.32. The van der Waals surface area contributed by atoms with Crippen molar-refractivity contribution in [2.45, 2.75) is 13.5 Å². The van der Waals surface area contributed by atoms with Gasteiger partial charge < -0.3 is 5.32 Å². The minimum atomic E-state index is 0.849. The fourth-order valence-electron chi connectivity index (χ4n) is 1.10. The normalized spacial score (nSPS) is 10.2. The van der Waals surface area contributed by atoms with Crippen molar-refractivity contribution in [3.63, 3.8) is 0 Å². The molecule has 2 rings (SSSR count). The topological polar surface area (TPSA) is 40.7 Å². The second-order valence-electron chi connectivity index (χ2n) is 2.87. The maximum absolute atomic E-state index is 4.08. The molecule has 0 saturated carbocycles. The molecule has 0 bridgehead atoms. The summed E-state index contributed by atoms with van der Waals surface area (Å²) in [6.07, 6.45) is 0. The molecule has 0 saturated heterocycles. The molecule has 0 unspecified atom stereocenters. The number of thiophene rings is 1. The Balaban J connectivity index is 1.93. The van der Waals surface area contributed by atoms with E-state index in [9.17, 15) is 0 Å². The van der Waals surface area contributed by atoms with Crippen LogP contribution in [-0.2, 0) is 6.54 Å². The summed E-state index contributed by atoms with van der Waals surface area (Å²) in [6.45, 7) is 2.84. The molecule has 0 atom stereocenters. The Kier molecular flexibility index (Phi) is 2.31. The highest BCUT2D eigenvalue weighted by Gasteiger charge is 1.97. The van der Waals surface area contributed by atoms with Crippen LogP contribution in [0.4, 0.5) is 5.82 Å². The van der Waals surface area contributed by atoms with Crippen LogP contribution in [0.5, 0.6) is 0 Å². The monoisotopic (exact) mass is 193 g/mol. The van der Waals surface area contributed by atoms with Gasteiger partial charge in [-0.3, -0.25) is 5.10 Å². The highest BCUT2D eigenvalue weighted by atomic mass is 32.1. The average Bonchev–Trinajstić information content (AvgIpc) is 2.71. The first-order valence-electron chi connectivity index (χ1n) is 4.13. The molecule has 2 aromatic heterocycles. The Morgan fingerprint density at radius 1 is 1.62 bits per heavy atom. The van der Waals surface area contributed by atoms with Crippen LogP contribution < -0.4 is 5.32 Å². The van der Waals surface area contributed by atoms with E-state index in [4.69, 9.17) is 0 Å². The van der Waals surface area contributed by atoms with Crippen LogP contribution in [0.25, 0.3) is 0 Å². The quantitative estimate of drug-likeness (QED) is 0.785. The zero-order valence-electron chi connectivity index (χ0n) is 7.37. The lowest BCUT2D eigenvalue weighted by atomic mass is 10.4. The molecule has 2 aromatic rings. The molecule has 68 valence electrons. The van der Waals surface area contributed by atoms with Crippen molar-refractivity contribution in [3.05, 3.63) is 34.2 Å². The van der Waals surface area contributed by atoms with E-state index >= 15 is 0 Å². The van der Waals surface area contributed by atoms with Crippen molar-refractivity contribution >= 4 is 17.2 Å². The highest BCUT2D eigenvalue weighted by Crippen LogP contribution is 2.11. The minimum absolute atomic E-state index is 0.849. The summed E-state index contributed by atoms with van der Waals surface area (Å²) in [5.74, 6) is 0.908. The maximum atomic E-state index is 4.08. The molecule has 2 N–H and O–H groups in total. The van der Waals surface area contributed by atoms with Gasteiger partial charge in [0.05, 0.1) is 6.54 Å². The molecular formula is C9H11N3S. The van der Waals surface area contributed by atoms with Crippen LogP contribution in [0.1, 0.15) is 10.6 Å². The minimum Gasteiger partial charge on any atom is -0.364 e. The van der Waals surface area contributed by atoms with E-state index < -0.39 is 0 Å². The van der Waals surface area contributed by atoms with E-state index in [1.54, 1.807) is 11.3 Å². The van der Waals surface area contributed by atoms with Gasteiger partial charge in [-0.2, -0.15) is 5.10 Å². The van der Waals surface area contributed by atoms with Crippen LogP contribution in [0, 0.1) is 6.92 Å². The van der Waals surface area contributed by atoms with E-state index in [-0.39, 0.29) is 0 Å². The second kappa shape index (κ2) is 3.62. The maximum Gasteiger partial charge on any atom is 0.148 e. The van der Waals surface area contributed by atoms with Gasteiger partial charge >= 0.3 is 0 Å². The average molecular weight is 193 g/mol. The van der Waals surface area contributed by atoms with Crippen molar-refractivity contribution in [1.82, 2.24) is 10.2 Å². The zero-order valence-corrected chi connectivity index (χ0v) is 8.19. The summed E-state index contributed by atoms with van der Waals surface area (Å²) < 4.78 is 0. The molecule has 13 heavy (non-hydrogen) atoms. The summed E-state index contributed by atoms with van der Waals surface area (Å²) in [5.41, 5.74) is 1.08. The van der Waals surface area contributed by atoms with E-state index in [2.05, 4.69) is 33.0 Å². The Bertz CT molecular complexity index is 364. The first kappa shape index (κ1) is 8.31. The molecular weight excluding hydrogens is 182 g/mol. The molecule has 0 spiro atoms. The number of nitrogens with zero attached hydrogens (tertiary/aromatic N) is 1. The molecule has 0 aliphatic rings. The first-order chi connectivity index (χ1) is 6.34. The van der Waals surface area contributed by atoms with Gasteiger partial charge in [0.25, 0.3) is 0 Å². The molecule has 0 radical (unpaired) electrons. The fourth-order valence-corrected chi connectivity index (χ4v) is 1.74. The summed E-state index contributed by atoms with van der Waals surface area (Å²) in [6, 6.07) is 6.16. The number of rotatable bonds is 3. The lowest BCUT2D eigenvalue weighted by molar-refractivity contribution is 1.03. The van der Waals surface area contributed by atoms with Gasteiger partial charge in [-0.05, 0) is 18.4 Å². The predicted octanol–water partition coefficient (Wildman–Crippen LogP) is 2.39. The lowest BCUT2D eigenvalue weighted by Crippen LogP contribution is -1.97. The third-order valence-corrected chi connectivity index (χ3v) is 2.61. The third kappa shape index (κ3) is 2.09. The Morgan fingerprint density at radius 2 is 2.54 bits per heavy atom. The predicted molar refractivity (Wildman–Crippen MR) is 55.0 cm³/mol. The van der Waals surface area contributed by atoms with Gasteiger partial charge in [0.2, 0.25) is 0 Å². The number of hydrogen-bond acceptors (Lipinski definition) is 3. The molecule has 4 heteroatoms. The summed E-state index contributed by atoms with van der Waals surface area (Å²) in [7, 11) is 0. The molecule has 0 aliphatic carbocycles. The molecule has 0 amide bonds. The van der Waals surface area contributed by atoms with Gasteiger partial charge in [-0.25, -0.2) is 0 Å². The summed E-state index contributed by atoms with van der Waals surface area (Å²) >= 11 is 1.75. The van der Waals surface area contributed by atoms with E-state index in [1.165, 1.54) is 4.88 Å². The number of aromatic nitrogens is 2. The standard InChI is InChI=1S/C9H11N3S/c1-7-5-9(12-11-7)10-6-8-3-2-4-13-8/h2-5H,6H2,1H3,(H2,10,11,12). The van der Waals surface area contributed by atoms with Crippen molar-refractivity contribution in [3.8, 4) is 0 Å². The SMILES string of the molecule is Cc1cc(NCc2cccs2)n[nH]1. The highest BCUT2D eigenvalue weighted by molar-refractivity contribution is 7.09. The molecule has 0 aliphatic heterocycles. The number of H-pyrrole nitrogens is 1. The van der Waals surface area contributed by atoms with Crippen LogP contribution in [-0.4, -0.2) is 10.2 Å².